The van der Waals surface area contributed by atoms with E-state index in [2.05, 4.69) is 60.1 Å². The lowest BCUT2D eigenvalue weighted by Gasteiger charge is -2.11. The Hall–Kier alpha value is -6.82. The van der Waals surface area contributed by atoms with Crippen LogP contribution in [0.1, 0.15) is 144 Å². The number of rotatable bonds is 22. The number of hydrogen-bond acceptors (Lipinski definition) is 8. The molecule has 0 spiro atoms. The molecular formula is C59H57IO8. The van der Waals surface area contributed by atoms with Crippen molar-refractivity contribution in [3.05, 3.63) is 182 Å². The number of halogens is 1. The summed E-state index contributed by atoms with van der Waals surface area (Å²) in [5, 5.41) is 0. The third kappa shape index (κ3) is 17.4. The molecule has 0 aliphatic rings. The summed E-state index contributed by atoms with van der Waals surface area (Å²) in [4.78, 5) is 40.6. The van der Waals surface area contributed by atoms with E-state index in [1.165, 1.54) is 82.4 Å². The van der Waals surface area contributed by atoms with Crippen LogP contribution in [0.25, 0.3) is 0 Å². The minimum atomic E-state index is -0.793. The van der Waals surface area contributed by atoms with Gasteiger partial charge >= 0.3 is 17.9 Å². The molecule has 6 rings (SSSR count). The van der Waals surface area contributed by atoms with E-state index in [4.69, 9.17) is 23.7 Å². The Kier molecular flexibility index (Phi) is 20.6. The van der Waals surface area contributed by atoms with Gasteiger partial charge in [0.1, 0.15) is 28.7 Å². The van der Waals surface area contributed by atoms with Gasteiger partial charge in [0.25, 0.3) is 0 Å². The fourth-order valence-electron chi connectivity index (χ4n) is 6.90. The predicted octanol–water partition coefficient (Wildman–Crippen LogP) is 14.2. The molecule has 0 bridgehead atoms. The van der Waals surface area contributed by atoms with E-state index in [1.54, 1.807) is 72.8 Å². The van der Waals surface area contributed by atoms with Gasteiger partial charge in [-0.15, -0.1) is 0 Å². The van der Waals surface area contributed by atoms with Crippen molar-refractivity contribution in [1.29, 1.82) is 0 Å². The van der Waals surface area contributed by atoms with Gasteiger partial charge in [0.2, 0.25) is 0 Å². The molecule has 0 aliphatic heterocycles. The van der Waals surface area contributed by atoms with Crippen molar-refractivity contribution >= 4 is 40.5 Å². The summed E-state index contributed by atoms with van der Waals surface area (Å²) in [6.45, 7) is 5.84. The third-order valence-corrected chi connectivity index (χ3v) is 11.5. The molecule has 68 heavy (non-hydrogen) atoms. The lowest BCUT2D eigenvalue weighted by Crippen LogP contribution is -2.16. The SMILES string of the molecule is CCCCCCCCOc1ccc(C#Cc2ccc(OC(=O)c3cc(C(=O)Oc4ccc(I)cc4)cc(C(=O)Oc4ccc(C#Cc5ccc(OCCCCCCCC)cc5)cc4)c3)cc2)cc1. The van der Waals surface area contributed by atoms with Gasteiger partial charge in [-0.1, -0.05) is 102 Å². The minimum absolute atomic E-state index is 0.0454. The zero-order valence-electron chi connectivity index (χ0n) is 38.8. The zero-order chi connectivity index (χ0) is 47.8. The van der Waals surface area contributed by atoms with Crippen molar-refractivity contribution in [2.24, 2.45) is 0 Å². The Balaban J connectivity index is 1.07. The monoisotopic (exact) mass is 1020 g/mol. The van der Waals surface area contributed by atoms with Crippen LogP contribution in [0.15, 0.2) is 140 Å². The molecule has 0 aromatic heterocycles. The van der Waals surface area contributed by atoms with E-state index < -0.39 is 17.9 Å². The van der Waals surface area contributed by atoms with Crippen LogP contribution in [0.5, 0.6) is 28.7 Å². The Morgan fingerprint density at radius 3 is 0.941 bits per heavy atom. The first-order valence-corrected chi connectivity index (χ1v) is 24.6. The first kappa shape index (κ1) is 50.6. The fraction of sp³-hybridized carbons (Fsp3) is 0.271. The standard InChI is InChI=1S/C59H57IO8/c1-3-5-7-9-11-13-39-64-52-29-19-44(20-30-52)15-17-46-23-33-54(34-24-46)66-57(61)48-41-49(43-50(42-48)59(63)68-56-37-27-51(60)28-38-56)58(62)67-55-35-25-47(26-36-55)18-16-45-21-31-53(32-22-45)65-40-14-12-10-8-6-4-2/h19-38,41-43H,3-14,39-40H2,1-2H3. The molecule has 0 aliphatic carbocycles. The molecule has 9 heteroatoms. The summed E-state index contributed by atoms with van der Waals surface area (Å²) in [7, 11) is 0. The molecule has 0 unspecified atom stereocenters. The number of hydrogen-bond donors (Lipinski definition) is 0. The number of ether oxygens (including phenoxy) is 5. The van der Waals surface area contributed by atoms with Crippen molar-refractivity contribution in [1.82, 2.24) is 0 Å². The highest BCUT2D eigenvalue weighted by molar-refractivity contribution is 14.1. The highest BCUT2D eigenvalue weighted by atomic mass is 127. The van der Waals surface area contributed by atoms with Crippen LogP contribution in [0.4, 0.5) is 0 Å². The van der Waals surface area contributed by atoms with Gasteiger partial charge in [0.05, 0.1) is 29.9 Å². The van der Waals surface area contributed by atoms with Crippen LogP contribution in [0.2, 0.25) is 0 Å². The van der Waals surface area contributed by atoms with E-state index >= 15 is 0 Å². The van der Waals surface area contributed by atoms with Crippen LogP contribution in [-0.4, -0.2) is 31.1 Å². The van der Waals surface area contributed by atoms with Gasteiger partial charge < -0.3 is 23.7 Å². The summed E-state index contributed by atoms with van der Waals surface area (Å²) < 4.78 is 29.7. The van der Waals surface area contributed by atoms with Crippen LogP contribution < -0.4 is 23.7 Å². The molecule has 6 aromatic carbocycles. The minimum Gasteiger partial charge on any atom is -0.494 e. The van der Waals surface area contributed by atoms with Crippen LogP contribution in [-0.2, 0) is 0 Å². The number of benzene rings is 6. The second-order valence-electron chi connectivity index (χ2n) is 16.3. The first-order chi connectivity index (χ1) is 33.2. The van der Waals surface area contributed by atoms with Crippen molar-refractivity contribution in [3.63, 3.8) is 0 Å². The second-order valence-corrected chi connectivity index (χ2v) is 17.5. The molecular weight excluding hydrogens is 964 g/mol. The molecule has 348 valence electrons. The zero-order valence-corrected chi connectivity index (χ0v) is 41.0. The molecule has 0 fully saturated rings. The van der Waals surface area contributed by atoms with E-state index in [-0.39, 0.29) is 28.2 Å². The van der Waals surface area contributed by atoms with Crippen molar-refractivity contribution in [2.45, 2.75) is 90.9 Å². The highest BCUT2D eigenvalue weighted by Crippen LogP contribution is 2.22. The van der Waals surface area contributed by atoms with Gasteiger partial charge in [0, 0.05) is 25.8 Å². The molecule has 8 nitrogen and oxygen atoms in total. The maximum Gasteiger partial charge on any atom is 0.343 e. The summed E-state index contributed by atoms with van der Waals surface area (Å²) in [5.41, 5.74) is 2.95. The summed E-state index contributed by atoms with van der Waals surface area (Å²) >= 11 is 2.15. The maximum atomic E-state index is 13.6. The maximum absolute atomic E-state index is 13.6. The van der Waals surface area contributed by atoms with Crippen LogP contribution >= 0.6 is 22.6 Å². The van der Waals surface area contributed by atoms with E-state index in [1.807, 2.05) is 48.5 Å². The van der Waals surface area contributed by atoms with Crippen LogP contribution in [0.3, 0.4) is 0 Å². The first-order valence-electron chi connectivity index (χ1n) is 23.5. The van der Waals surface area contributed by atoms with Crippen molar-refractivity contribution in [3.8, 4) is 52.4 Å². The molecule has 0 saturated carbocycles. The van der Waals surface area contributed by atoms with E-state index in [0.717, 1.165) is 39.0 Å². The number of carbonyl (C=O) groups is 3. The summed E-state index contributed by atoms with van der Waals surface area (Å²) in [5.74, 6) is 12.7. The van der Waals surface area contributed by atoms with E-state index in [9.17, 15) is 14.4 Å². The smallest absolute Gasteiger partial charge is 0.343 e. The Morgan fingerprint density at radius 1 is 0.368 bits per heavy atom. The molecule has 0 heterocycles. The average Bonchev–Trinajstić information content (AvgIpc) is 3.36. The quantitative estimate of drug-likeness (QED) is 0.0218. The average molecular weight is 1020 g/mol. The van der Waals surface area contributed by atoms with Gasteiger partial charge in [0.15, 0.2) is 0 Å². The topological polar surface area (TPSA) is 97.4 Å². The Labute approximate surface area is 414 Å². The van der Waals surface area contributed by atoms with Gasteiger partial charge in [-0.05, 0) is 175 Å². The molecule has 0 radical (unpaired) electrons. The lowest BCUT2D eigenvalue weighted by atomic mass is 10.1. The van der Waals surface area contributed by atoms with Gasteiger partial charge in [-0.25, -0.2) is 14.4 Å². The fourth-order valence-corrected chi connectivity index (χ4v) is 7.26. The van der Waals surface area contributed by atoms with Gasteiger partial charge in [-0.2, -0.15) is 0 Å². The number of unbranched alkanes of at least 4 members (excludes halogenated alkanes) is 10. The van der Waals surface area contributed by atoms with Crippen LogP contribution in [0, 0.1) is 27.3 Å². The Morgan fingerprint density at radius 2 is 0.632 bits per heavy atom. The second kappa shape index (κ2) is 27.7. The third-order valence-electron chi connectivity index (χ3n) is 10.7. The molecule has 0 atom stereocenters. The van der Waals surface area contributed by atoms with E-state index in [0.29, 0.717) is 30.1 Å². The molecule has 6 aromatic rings. The highest BCUT2D eigenvalue weighted by Gasteiger charge is 2.21. The normalized spacial score (nSPS) is 10.5. The van der Waals surface area contributed by atoms with Crippen molar-refractivity contribution < 1.29 is 38.1 Å². The molecule has 0 amide bonds. The molecule has 0 N–H and O–H groups in total. The Bertz CT molecular complexity index is 2510. The number of esters is 3. The van der Waals surface area contributed by atoms with Gasteiger partial charge in [-0.3, -0.25) is 0 Å². The molecule has 0 saturated heterocycles. The predicted molar refractivity (Wildman–Crippen MR) is 276 cm³/mol. The lowest BCUT2D eigenvalue weighted by molar-refractivity contribution is 0.0734. The largest absolute Gasteiger partial charge is 0.494 e. The number of carbonyl (C=O) groups excluding carboxylic acids is 3. The summed E-state index contributed by atoms with van der Waals surface area (Å²) in [6.07, 6.45) is 14.6. The van der Waals surface area contributed by atoms with Crippen molar-refractivity contribution in [2.75, 3.05) is 13.2 Å². The summed E-state index contributed by atoms with van der Waals surface area (Å²) in [6, 6.07) is 39.8.